The third-order valence-corrected chi connectivity index (χ3v) is 17.6. The third kappa shape index (κ3) is 8.12. The molecule has 0 radical (unpaired) electrons. The SMILES string of the molecule is CC1=CC(C)(C)N2CCCc3c4c(cc1c32)C(c1c(C(=O)[O-])c(-[n+]2ccc(N(C)C)cc2)c(-[n+]2ccc(N(C)C)cc2)c(Sc2ccccc2)c1-[n+]1ccc(N(C)C)cc1)=c1cc2c3c(c1O4)CCC[N+]=3C(C)(C)C=C2C. The Hall–Kier alpha value is -7.70. The first-order chi connectivity index (χ1) is 36.8. The number of hydrogen-bond donors (Lipinski definition) is 0. The van der Waals surface area contributed by atoms with Crippen LogP contribution >= 0.6 is 11.8 Å². The fourth-order valence-corrected chi connectivity index (χ4v) is 14.1. The van der Waals surface area contributed by atoms with Crippen LogP contribution in [0.25, 0.3) is 33.8 Å². The molecule has 390 valence electrons. The Morgan fingerprint density at radius 3 is 1.79 bits per heavy atom. The van der Waals surface area contributed by atoms with Gasteiger partial charge in [-0.25, -0.2) is 4.58 Å². The number of pyridine rings is 3. The van der Waals surface area contributed by atoms with E-state index in [2.05, 4.69) is 160 Å². The minimum Gasteiger partial charge on any atom is -0.545 e. The number of nitrogens with zero attached hydrogens (tertiary/aromatic N) is 8. The van der Waals surface area contributed by atoms with E-state index in [1.54, 1.807) is 11.8 Å². The molecule has 0 N–H and O–H groups in total. The standard InChI is InChI=1S/C65H69N8O3S/c1-40-38-64(3,4)72-28-16-20-46-55(72)48(40)36-50-52(51-37-49-41(2)39-65(5,6)73-29-17-21-47(56(49)73)61(51)76-60(46)50)53-54(63(74)75)57(69-30-22-42(23-31-69)66(7)8)59(71-34-26-44(27-35-71)68(11)12)62(77-45-18-14-13-15-19-45)58(53)70-32-24-43(25-33-70)67(9)10/h13-15,18-19,22-27,30-39H,16-17,20-21,28-29H2,1-12H3/q+3. The molecule has 0 fully saturated rings. The summed E-state index contributed by atoms with van der Waals surface area (Å²) in [6.45, 7) is 15.6. The molecule has 11 nitrogen and oxygen atoms in total. The summed E-state index contributed by atoms with van der Waals surface area (Å²) in [5.74, 6) is 0.322. The monoisotopic (exact) mass is 1040 g/mol. The van der Waals surface area contributed by atoms with Gasteiger partial charge < -0.3 is 34.2 Å². The van der Waals surface area contributed by atoms with Gasteiger partial charge in [-0.15, -0.1) is 0 Å². The molecule has 5 aliphatic rings. The highest BCUT2D eigenvalue weighted by Crippen LogP contribution is 2.54. The highest BCUT2D eigenvalue weighted by atomic mass is 32.2. The van der Waals surface area contributed by atoms with Gasteiger partial charge in [0, 0.05) is 161 Å². The number of anilines is 4. The molecule has 3 aromatic heterocycles. The van der Waals surface area contributed by atoms with Gasteiger partial charge in [0.1, 0.15) is 18.0 Å². The lowest BCUT2D eigenvalue weighted by Crippen LogP contribution is -2.53. The van der Waals surface area contributed by atoms with E-state index in [0.717, 1.165) is 105 Å². The van der Waals surface area contributed by atoms with E-state index < -0.39 is 5.97 Å². The Morgan fingerprint density at radius 2 is 1.21 bits per heavy atom. The van der Waals surface area contributed by atoms with Crippen molar-refractivity contribution in [2.45, 2.75) is 88.1 Å². The molecule has 8 heterocycles. The van der Waals surface area contributed by atoms with E-state index in [0.29, 0.717) is 22.6 Å². The van der Waals surface area contributed by atoms with E-state index in [9.17, 15) is 0 Å². The highest BCUT2D eigenvalue weighted by molar-refractivity contribution is 7.99. The molecule has 0 bridgehead atoms. The number of allylic oxidation sites excluding steroid dienone is 2. The normalized spacial score (nSPS) is 16.3. The number of aromatic carboxylic acids is 1. The summed E-state index contributed by atoms with van der Waals surface area (Å²) in [4.78, 5) is 26.0. The van der Waals surface area contributed by atoms with Crippen LogP contribution in [0.15, 0.2) is 138 Å². The summed E-state index contributed by atoms with van der Waals surface area (Å²) in [6, 6.07) is 27.5. The molecule has 0 unspecified atom stereocenters. The molecule has 0 amide bonds. The van der Waals surface area contributed by atoms with Crippen LogP contribution in [0.5, 0.6) is 11.5 Å². The highest BCUT2D eigenvalue weighted by Gasteiger charge is 2.47. The molecule has 4 aromatic carbocycles. The van der Waals surface area contributed by atoms with Crippen LogP contribution in [0.1, 0.15) is 98.1 Å². The molecule has 0 aliphatic carbocycles. The third-order valence-electron chi connectivity index (χ3n) is 16.5. The van der Waals surface area contributed by atoms with Crippen molar-refractivity contribution >= 4 is 57.2 Å². The predicted molar refractivity (Wildman–Crippen MR) is 308 cm³/mol. The zero-order valence-electron chi connectivity index (χ0n) is 46.6. The smallest absolute Gasteiger partial charge is 0.304 e. The number of benzene rings is 4. The molecule has 7 aromatic rings. The van der Waals surface area contributed by atoms with Gasteiger partial charge in [0.05, 0.1) is 33.9 Å². The van der Waals surface area contributed by atoms with Crippen molar-refractivity contribution in [1.82, 2.24) is 4.58 Å². The zero-order chi connectivity index (χ0) is 54.0. The van der Waals surface area contributed by atoms with Crippen molar-refractivity contribution in [3.63, 3.8) is 0 Å². The van der Waals surface area contributed by atoms with Crippen LogP contribution in [0.2, 0.25) is 0 Å². The summed E-state index contributed by atoms with van der Waals surface area (Å²) in [5.41, 5.74) is 15.0. The fourth-order valence-electron chi connectivity index (χ4n) is 13.0. The fraction of sp³-hybridized carbons (Fsp3) is 0.308. The predicted octanol–water partition coefficient (Wildman–Crippen LogP) is 8.16. The van der Waals surface area contributed by atoms with E-state index in [4.69, 9.17) is 4.74 Å². The Bertz CT molecular complexity index is 3820. The number of rotatable bonds is 10. The van der Waals surface area contributed by atoms with Crippen molar-refractivity contribution in [2.75, 3.05) is 75.0 Å². The summed E-state index contributed by atoms with van der Waals surface area (Å²) in [5, 5.41) is 17.5. The molecule has 12 heteroatoms. The second kappa shape index (κ2) is 18.5. The van der Waals surface area contributed by atoms with Gasteiger partial charge in [-0.3, -0.25) is 0 Å². The number of carbonyl (C=O) groups excluding carboxylic acids is 1. The van der Waals surface area contributed by atoms with Crippen LogP contribution < -0.4 is 58.3 Å². The van der Waals surface area contributed by atoms with Crippen molar-refractivity contribution in [3.8, 4) is 28.6 Å². The van der Waals surface area contributed by atoms with Gasteiger partial charge in [0.15, 0.2) is 47.6 Å². The minimum absolute atomic E-state index is 0.0694. The lowest BCUT2D eigenvalue weighted by Gasteiger charge is -2.47. The van der Waals surface area contributed by atoms with Gasteiger partial charge in [0.2, 0.25) is 11.0 Å². The second-order valence-corrected chi connectivity index (χ2v) is 24.2. The summed E-state index contributed by atoms with van der Waals surface area (Å²) in [7, 11) is 12.2. The first kappa shape index (κ1) is 50.1. The number of carboxylic acid groups (broad SMARTS) is 1. The summed E-state index contributed by atoms with van der Waals surface area (Å²) < 4.78 is 16.5. The molecule has 0 saturated heterocycles. The quantitative estimate of drug-likeness (QED) is 0.127. The largest absolute Gasteiger partial charge is 0.545 e. The van der Waals surface area contributed by atoms with Gasteiger partial charge in [-0.1, -0.05) is 36.0 Å². The number of hydrogen-bond acceptors (Lipinski definition) is 8. The van der Waals surface area contributed by atoms with Gasteiger partial charge in [-0.05, 0) is 88.4 Å². The lowest BCUT2D eigenvalue weighted by molar-refractivity contribution is -0.637. The van der Waals surface area contributed by atoms with E-state index in [1.807, 2.05) is 89.8 Å². The zero-order valence-corrected chi connectivity index (χ0v) is 47.4. The Balaban J connectivity index is 1.36. The number of aromatic nitrogens is 3. The van der Waals surface area contributed by atoms with E-state index >= 15 is 9.90 Å². The van der Waals surface area contributed by atoms with Gasteiger partial charge in [0.25, 0.3) is 5.69 Å². The average molecular weight is 1040 g/mol. The van der Waals surface area contributed by atoms with Crippen molar-refractivity contribution in [2.24, 2.45) is 0 Å². The molecule has 0 atom stereocenters. The number of carbonyl (C=O) groups is 1. The molecule has 5 aliphatic heterocycles. The number of carboxylic acids is 1. The Morgan fingerprint density at radius 1 is 0.649 bits per heavy atom. The summed E-state index contributed by atoms with van der Waals surface area (Å²) in [6.07, 6.45) is 20.6. The van der Waals surface area contributed by atoms with Crippen LogP contribution in [0.4, 0.5) is 22.7 Å². The molecule has 12 rings (SSSR count). The second-order valence-electron chi connectivity index (χ2n) is 23.1. The first-order valence-electron chi connectivity index (χ1n) is 27.0. The first-order valence-corrected chi connectivity index (χ1v) is 27.8. The topological polar surface area (TPSA) is 77.0 Å². The minimum atomic E-state index is -1.29. The van der Waals surface area contributed by atoms with E-state index in [-0.39, 0.29) is 16.6 Å². The molecule has 0 spiro atoms. The maximum atomic E-state index is 15.4. The number of fused-ring (bicyclic) bond motifs is 4. The Labute approximate surface area is 457 Å². The maximum absolute atomic E-state index is 15.4. The van der Waals surface area contributed by atoms with E-state index in [1.165, 1.54) is 33.3 Å². The molecular weight excluding hydrogens is 973 g/mol. The molecule has 77 heavy (non-hydrogen) atoms. The average Bonchev–Trinajstić information content (AvgIpc) is 3.51. The van der Waals surface area contributed by atoms with Gasteiger partial charge in [-0.2, -0.15) is 13.7 Å². The van der Waals surface area contributed by atoms with Crippen LogP contribution in [0.3, 0.4) is 0 Å². The van der Waals surface area contributed by atoms with Crippen molar-refractivity contribution in [1.29, 1.82) is 0 Å². The number of ether oxygens (including phenoxy) is 1. The lowest BCUT2D eigenvalue weighted by atomic mass is 9.78. The Kier molecular flexibility index (Phi) is 12.0. The van der Waals surface area contributed by atoms with Crippen LogP contribution in [-0.4, -0.2) is 72.4 Å². The van der Waals surface area contributed by atoms with Crippen LogP contribution in [0, 0.1) is 0 Å². The van der Waals surface area contributed by atoms with Crippen molar-refractivity contribution < 1.29 is 28.3 Å². The van der Waals surface area contributed by atoms with Gasteiger partial charge >= 0.3 is 5.69 Å². The van der Waals surface area contributed by atoms with Crippen LogP contribution in [-0.2, 0) is 12.8 Å². The molecule has 0 saturated carbocycles. The molecular formula is C65H69N8O3S+3. The maximum Gasteiger partial charge on any atom is 0.304 e. The van der Waals surface area contributed by atoms with Crippen molar-refractivity contribution in [3.05, 3.63) is 178 Å². The summed E-state index contributed by atoms with van der Waals surface area (Å²) >= 11 is 1.64.